The van der Waals surface area contributed by atoms with E-state index in [-0.39, 0.29) is 6.04 Å². The Morgan fingerprint density at radius 3 is 2.67 bits per heavy atom. The minimum absolute atomic E-state index is 0.0747. The highest BCUT2D eigenvalue weighted by molar-refractivity contribution is 9.10. The molecule has 0 unspecified atom stereocenters. The van der Waals surface area contributed by atoms with Crippen LogP contribution >= 0.6 is 31.9 Å². The smallest absolute Gasteiger partial charge is 0.131 e. The minimum Gasteiger partial charge on any atom is -0.487 e. The van der Waals surface area contributed by atoms with Crippen molar-refractivity contribution >= 4 is 31.9 Å². The zero-order valence-corrected chi connectivity index (χ0v) is 15.5. The number of rotatable bonds is 5. The molecule has 0 bridgehead atoms. The summed E-state index contributed by atoms with van der Waals surface area (Å²) in [6.07, 6.45) is 0.885. The minimum atomic E-state index is -0.0747. The molecule has 21 heavy (non-hydrogen) atoms. The second-order valence-corrected chi connectivity index (χ2v) is 6.65. The van der Waals surface area contributed by atoms with Crippen molar-refractivity contribution in [1.82, 2.24) is 9.78 Å². The van der Waals surface area contributed by atoms with Crippen LogP contribution in [-0.2, 0) is 20.1 Å². The number of hydrogen-bond acceptors (Lipinski definition) is 3. The van der Waals surface area contributed by atoms with Crippen LogP contribution in [0.1, 0.15) is 36.8 Å². The van der Waals surface area contributed by atoms with Gasteiger partial charge in [-0.15, -0.1) is 0 Å². The van der Waals surface area contributed by atoms with Gasteiger partial charge in [0.05, 0.1) is 15.9 Å². The van der Waals surface area contributed by atoms with Gasteiger partial charge >= 0.3 is 0 Å². The molecule has 114 valence electrons. The van der Waals surface area contributed by atoms with Crippen LogP contribution in [0, 0.1) is 0 Å². The van der Waals surface area contributed by atoms with E-state index in [1.807, 2.05) is 36.9 Å². The van der Waals surface area contributed by atoms with Gasteiger partial charge in [-0.3, -0.25) is 4.68 Å². The van der Waals surface area contributed by atoms with Gasteiger partial charge in [0, 0.05) is 23.1 Å². The number of nitrogens with zero attached hydrogens (tertiary/aromatic N) is 2. The molecule has 4 nitrogen and oxygen atoms in total. The Kier molecular flexibility index (Phi) is 5.46. The van der Waals surface area contributed by atoms with E-state index in [0.29, 0.717) is 6.61 Å². The second-order valence-electron chi connectivity index (χ2n) is 4.94. The molecule has 6 heteroatoms. The highest BCUT2D eigenvalue weighted by atomic mass is 79.9. The molecular weight excluding hydrogens is 398 g/mol. The lowest BCUT2D eigenvalue weighted by Gasteiger charge is -2.14. The van der Waals surface area contributed by atoms with Gasteiger partial charge < -0.3 is 10.5 Å². The maximum absolute atomic E-state index is 6.00. The maximum Gasteiger partial charge on any atom is 0.131 e. The van der Waals surface area contributed by atoms with E-state index in [1.54, 1.807) is 0 Å². The van der Waals surface area contributed by atoms with Gasteiger partial charge in [0.15, 0.2) is 0 Å². The molecule has 2 aromatic rings. The van der Waals surface area contributed by atoms with E-state index in [9.17, 15) is 0 Å². The topological polar surface area (TPSA) is 53.1 Å². The van der Waals surface area contributed by atoms with Gasteiger partial charge in [-0.1, -0.05) is 28.9 Å². The number of halogens is 2. The zero-order valence-electron chi connectivity index (χ0n) is 12.4. The fourth-order valence-corrected chi connectivity index (χ4v) is 3.20. The van der Waals surface area contributed by atoms with Crippen molar-refractivity contribution in [2.75, 3.05) is 0 Å². The molecule has 0 aliphatic carbocycles. The fraction of sp³-hybridized carbons (Fsp3) is 0.400. The third-order valence-corrected chi connectivity index (χ3v) is 4.74. The number of nitrogens with two attached hydrogens (primary N) is 1. The average Bonchev–Trinajstić information content (AvgIpc) is 2.71. The molecule has 1 aromatic carbocycles. The predicted octanol–water partition coefficient (Wildman–Crippen LogP) is 4.11. The molecule has 0 fully saturated rings. The van der Waals surface area contributed by atoms with Crippen LogP contribution in [0.2, 0.25) is 0 Å². The van der Waals surface area contributed by atoms with E-state index < -0.39 is 0 Å². The van der Waals surface area contributed by atoms with Crippen LogP contribution in [0.5, 0.6) is 5.75 Å². The molecule has 1 atom stereocenters. The van der Waals surface area contributed by atoms with Crippen molar-refractivity contribution in [3.63, 3.8) is 0 Å². The molecule has 0 amide bonds. The van der Waals surface area contributed by atoms with Crippen molar-refractivity contribution in [1.29, 1.82) is 0 Å². The first kappa shape index (κ1) is 16.5. The summed E-state index contributed by atoms with van der Waals surface area (Å²) in [5, 5.41) is 4.47. The Hall–Kier alpha value is -0.850. The van der Waals surface area contributed by atoms with Crippen molar-refractivity contribution < 1.29 is 4.74 Å². The monoisotopic (exact) mass is 415 g/mol. The number of aryl methyl sites for hydroxylation is 2. The van der Waals surface area contributed by atoms with E-state index in [1.165, 1.54) is 0 Å². The van der Waals surface area contributed by atoms with Crippen LogP contribution in [0.15, 0.2) is 27.1 Å². The molecule has 0 saturated heterocycles. The number of aromatic nitrogens is 2. The Balaban J connectivity index is 2.24. The van der Waals surface area contributed by atoms with Crippen molar-refractivity contribution in [3.05, 3.63) is 44.1 Å². The van der Waals surface area contributed by atoms with E-state index in [4.69, 9.17) is 10.5 Å². The summed E-state index contributed by atoms with van der Waals surface area (Å²) in [5.74, 6) is 0.797. The molecule has 2 rings (SSSR count). The summed E-state index contributed by atoms with van der Waals surface area (Å²) < 4.78 is 9.83. The largest absolute Gasteiger partial charge is 0.487 e. The fourth-order valence-electron chi connectivity index (χ4n) is 2.13. The lowest BCUT2D eigenvalue weighted by molar-refractivity contribution is 0.289. The lowest BCUT2D eigenvalue weighted by Crippen LogP contribution is -2.09. The molecular formula is C15H19Br2N3O. The molecule has 2 N–H and O–H groups in total. The summed E-state index contributed by atoms with van der Waals surface area (Å²) >= 11 is 7.07. The third kappa shape index (κ3) is 3.67. The number of ether oxygens (including phenoxy) is 1. The lowest BCUT2D eigenvalue weighted by atomic mass is 10.1. The first-order chi connectivity index (χ1) is 9.93. The van der Waals surface area contributed by atoms with Crippen molar-refractivity contribution in [2.45, 2.75) is 32.9 Å². The van der Waals surface area contributed by atoms with E-state index in [0.717, 1.165) is 38.1 Å². The summed E-state index contributed by atoms with van der Waals surface area (Å²) in [4.78, 5) is 0. The first-order valence-corrected chi connectivity index (χ1v) is 8.40. The quantitative estimate of drug-likeness (QED) is 0.797. The van der Waals surface area contributed by atoms with Gasteiger partial charge in [0.1, 0.15) is 12.4 Å². The SMILES string of the molecule is CCc1nn(C)c(COc2cc(Br)ccc2[C@@H](C)N)c1Br. The Morgan fingerprint density at radius 1 is 1.38 bits per heavy atom. The highest BCUT2D eigenvalue weighted by Crippen LogP contribution is 2.29. The van der Waals surface area contributed by atoms with Gasteiger partial charge in [0.2, 0.25) is 0 Å². The van der Waals surface area contributed by atoms with Crippen molar-refractivity contribution in [3.8, 4) is 5.75 Å². The highest BCUT2D eigenvalue weighted by Gasteiger charge is 2.15. The summed E-state index contributed by atoms with van der Waals surface area (Å²) in [6.45, 7) is 4.48. The predicted molar refractivity (Wildman–Crippen MR) is 91.4 cm³/mol. The molecule has 1 aromatic heterocycles. The Morgan fingerprint density at radius 2 is 2.10 bits per heavy atom. The Labute approximate surface area is 141 Å². The normalized spacial score (nSPS) is 12.5. The second kappa shape index (κ2) is 6.94. The number of benzene rings is 1. The Bertz CT molecular complexity index is 638. The molecule has 0 spiro atoms. The third-order valence-electron chi connectivity index (χ3n) is 3.33. The van der Waals surface area contributed by atoms with Crippen LogP contribution in [0.3, 0.4) is 0 Å². The van der Waals surface area contributed by atoms with E-state index in [2.05, 4.69) is 43.9 Å². The molecule has 0 radical (unpaired) electrons. The van der Waals surface area contributed by atoms with Gasteiger partial charge in [-0.2, -0.15) is 5.10 Å². The maximum atomic E-state index is 6.00. The number of hydrogen-bond donors (Lipinski definition) is 1. The summed E-state index contributed by atoms with van der Waals surface area (Å²) in [5.41, 5.74) is 9.05. The summed E-state index contributed by atoms with van der Waals surface area (Å²) in [6, 6.07) is 5.83. The molecule has 0 aliphatic rings. The average molecular weight is 417 g/mol. The standard InChI is InChI=1S/C15H19Br2N3O/c1-4-12-15(17)13(20(3)19-12)8-21-14-7-10(16)5-6-11(14)9(2)18/h5-7,9H,4,8,18H2,1-3H3/t9-/m1/s1. The molecule has 0 saturated carbocycles. The van der Waals surface area contributed by atoms with Crippen LogP contribution in [-0.4, -0.2) is 9.78 Å². The van der Waals surface area contributed by atoms with E-state index >= 15 is 0 Å². The van der Waals surface area contributed by atoms with Gasteiger partial charge in [-0.25, -0.2) is 0 Å². The van der Waals surface area contributed by atoms with Crippen LogP contribution in [0.25, 0.3) is 0 Å². The van der Waals surface area contributed by atoms with Crippen LogP contribution in [0.4, 0.5) is 0 Å². The van der Waals surface area contributed by atoms with Gasteiger partial charge in [0.25, 0.3) is 0 Å². The van der Waals surface area contributed by atoms with Crippen molar-refractivity contribution in [2.24, 2.45) is 12.8 Å². The van der Waals surface area contributed by atoms with Crippen LogP contribution < -0.4 is 10.5 Å². The van der Waals surface area contributed by atoms with Gasteiger partial charge in [-0.05, 0) is 41.4 Å². The first-order valence-electron chi connectivity index (χ1n) is 6.82. The summed E-state index contributed by atoms with van der Waals surface area (Å²) in [7, 11) is 1.93. The molecule has 1 heterocycles. The molecule has 0 aliphatic heterocycles. The zero-order chi connectivity index (χ0) is 15.6.